The van der Waals surface area contributed by atoms with Crippen LogP contribution < -0.4 is 15.6 Å². The molecule has 5 aromatic rings. The molecule has 0 saturated heterocycles. The summed E-state index contributed by atoms with van der Waals surface area (Å²) in [6, 6.07) is 13.7. The summed E-state index contributed by atoms with van der Waals surface area (Å²) in [5, 5.41) is 3.84. The molecule has 0 unspecified atom stereocenters. The number of aryl methyl sites for hydroxylation is 4. The molecule has 3 aromatic heterocycles. The Morgan fingerprint density at radius 3 is 2.61 bits per heavy atom. The molecule has 41 heavy (non-hydrogen) atoms. The number of hydrogen-bond donors (Lipinski definition) is 3. The van der Waals surface area contributed by atoms with Crippen molar-refractivity contribution in [3.05, 3.63) is 82.0 Å². The largest absolute Gasteiger partial charge is 0.457 e. The number of H-pyrrole nitrogens is 2. The standard InChI is InChI=1S/C32H36N6O3/c1-19-12-22(26-18-38(6)32(40)30-25(26)16-28(36-30)31-33-17-21(3)34-31)14-24(13-19)41-23-10-9-20(2)27(15-23)35-29(39)8-7-11-37(4)5/h9-10,12-18,36H,7-8,11H2,1-6H3,(H,33,34)(H,35,39). The number of aromatic amines is 2. The number of hydrogen-bond acceptors (Lipinski definition) is 5. The summed E-state index contributed by atoms with van der Waals surface area (Å²) < 4.78 is 7.89. The Hall–Kier alpha value is -4.63. The van der Waals surface area contributed by atoms with Gasteiger partial charge < -0.3 is 29.5 Å². The first kappa shape index (κ1) is 27.9. The highest BCUT2D eigenvalue weighted by atomic mass is 16.5. The van der Waals surface area contributed by atoms with E-state index < -0.39 is 0 Å². The zero-order valence-electron chi connectivity index (χ0n) is 24.4. The predicted octanol–water partition coefficient (Wildman–Crippen LogP) is 5.92. The molecule has 3 heterocycles. The molecule has 0 spiro atoms. The van der Waals surface area contributed by atoms with Crippen molar-refractivity contribution < 1.29 is 9.53 Å². The fraction of sp³-hybridized carbons (Fsp3) is 0.281. The van der Waals surface area contributed by atoms with Crippen molar-refractivity contribution in [1.29, 1.82) is 0 Å². The maximum absolute atomic E-state index is 13.0. The van der Waals surface area contributed by atoms with Crippen LogP contribution in [0.5, 0.6) is 11.5 Å². The van der Waals surface area contributed by atoms with E-state index in [9.17, 15) is 9.59 Å². The van der Waals surface area contributed by atoms with E-state index in [1.165, 1.54) is 0 Å². The van der Waals surface area contributed by atoms with Crippen LogP contribution in [0.3, 0.4) is 0 Å². The van der Waals surface area contributed by atoms with E-state index in [4.69, 9.17) is 4.74 Å². The van der Waals surface area contributed by atoms with Gasteiger partial charge in [-0.25, -0.2) is 4.98 Å². The molecule has 3 N–H and O–H groups in total. The molecule has 0 saturated carbocycles. The van der Waals surface area contributed by atoms with Crippen LogP contribution in [0.15, 0.2) is 59.7 Å². The second kappa shape index (κ2) is 11.5. The van der Waals surface area contributed by atoms with Crippen molar-refractivity contribution in [2.45, 2.75) is 33.6 Å². The third-order valence-corrected chi connectivity index (χ3v) is 7.02. The van der Waals surface area contributed by atoms with Crippen LogP contribution in [0.1, 0.15) is 29.7 Å². The van der Waals surface area contributed by atoms with Gasteiger partial charge in [-0.3, -0.25) is 9.59 Å². The Balaban J connectivity index is 1.45. The van der Waals surface area contributed by atoms with Gasteiger partial charge in [-0.15, -0.1) is 0 Å². The number of carbonyl (C=O) groups is 1. The van der Waals surface area contributed by atoms with Gasteiger partial charge in [-0.05, 0) is 88.8 Å². The summed E-state index contributed by atoms with van der Waals surface area (Å²) in [6.45, 7) is 6.75. The SMILES string of the molecule is Cc1cc(Oc2ccc(C)c(NC(=O)CCCN(C)C)c2)cc(-c2cn(C)c(=O)c3[nH]c(-c4nc(C)c[nH]4)cc23)c1. The molecular formula is C32H36N6O3. The predicted molar refractivity (Wildman–Crippen MR) is 164 cm³/mol. The highest BCUT2D eigenvalue weighted by molar-refractivity contribution is 5.97. The Labute approximate surface area is 239 Å². The Morgan fingerprint density at radius 2 is 1.88 bits per heavy atom. The molecule has 0 radical (unpaired) electrons. The molecule has 0 aliphatic rings. The van der Waals surface area contributed by atoms with Crippen LogP contribution in [0.4, 0.5) is 5.69 Å². The molecule has 0 atom stereocenters. The summed E-state index contributed by atoms with van der Waals surface area (Å²) in [4.78, 5) is 38.5. The molecule has 5 rings (SSSR count). The molecule has 9 nitrogen and oxygen atoms in total. The number of rotatable bonds is 9. The minimum atomic E-state index is -0.113. The van der Waals surface area contributed by atoms with Crippen molar-refractivity contribution >= 4 is 22.5 Å². The van der Waals surface area contributed by atoms with Crippen molar-refractivity contribution in [2.24, 2.45) is 7.05 Å². The van der Waals surface area contributed by atoms with Gasteiger partial charge >= 0.3 is 0 Å². The van der Waals surface area contributed by atoms with Crippen LogP contribution in [-0.4, -0.2) is 51.0 Å². The molecule has 0 aliphatic carbocycles. The smallest absolute Gasteiger partial charge is 0.274 e. The molecule has 1 amide bonds. The van der Waals surface area contributed by atoms with Crippen LogP contribution in [0, 0.1) is 20.8 Å². The van der Waals surface area contributed by atoms with Gasteiger partial charge in [0.15, 0.2) is 5.82 Å². The molecule has 0 aliphatic heterocycles. The number of anilines is 1. The molecule has 0 bridgehead atoms. The number of aromatic nitrogens is 4. The maximum atomic E-state index is 13.0. The molecule has 212 valence electrons. The Morgan fingerprint density at radius 1 is 1.07 bits per heavy atom. The topological polar surface area (TPSA) is 108 Å². The number of imidazole rings is 1. The second-order valence-corrected chi connectivity index (χ2v) is 10.9. The van der Waals surface area contributed by atoms with E-state index >= 15 is 0 Å². The van der Waals surface area contributed by atoms with Crippen LogP contribution in [0.25, 0.3) is 33.5 Å². The van der Waals surface area contributed by atoms with Gasteiger partial charge in [0.1, 0.15) is 17.0 Å². The zero-order chi connectivity index (χ0) is 29.3. The van der Waals surface area contributed by atoms with E-state index in [0.717, 1.165) is 57.7 Å². The monoisotopic (exact) mass is 552 g/mol. The first-order valence-electron chi connectivity index (χ1n) is 13.7. The van der Waals surface area contributed by atoms with Crippen molar-refractivity contribution in [1.82, 2.24) is 24.4 Å². The highest BCUT2D eigenvalue weighted by Gasteiger charge is 2.16. The molecule has 9 heteroatoms. The van der Waals surface area contributed by atoms with E-state index in [0.29, 0.717) is 29.3 Å². The number of fused-ring (bicyclic) bond motifs is 1. The number of amides is 1. The average Bonchev–Trinajstić information content (AvgIpc) is 3.54. The van der Waals surface area contributed by atoms with E-state index in [2.05, 4.69) is 31.2 Å². The minimum Gasteiger partial charge on any atom is -0.457 e. The van der Waals surface area contributed by atoms with Crippen LogP contribution >= 0.6 is 0 Å². The fourth-order valence-electron chi connectivity index (χ4n) is 4.91. The van der Waals surface area contributed by atoms with E-state index in [-0.39, 0.29) is 11.5 Å². The van der Waals surface area contributed by atoms with Crippen LogP contribution in [-0.2, 0) is 11.8 Å². The van der Waals surface area contributed by atoms with Gasteiger partial charge in [0, 0.05) is 48.6 Å². The lowest BCUT2D eigenvalue weighted by molar-refractivity contribution is -0.116. The maximum Gasteiger partial charge on any atom is 0.274 e. The molecule has 2 aromatic carbocycles. The minimum absolute atomic E-state index is 0.0146. The first-order chi connectivity index (χ1) is 19.6. The highest BCUT2D eigenvalue weighted by Crippen LogP contribution is 2.35. The van der Waals surface area contributed by atoms with Gasteiger partial charge in [0.2, 0.25) is 5.91 Å². The lowest BCUT2D eigenvalue weighted by Crippen LogP contribution is -2.17. The summed E-state index contributed by atoms with van der Waals surface area (Å²) >= 11 is 0. The van der Waals surface area contributed by atoms with Gasteiger partial charge in [0.05, 0.1) is 11.4 Å². The third kappa shape index (κ3) is 6.25. The van der Waals surface area contributed by atoms with Gasteiger partial charge in [0.25, 0.3) is 5.56 Å². The number of benzene rings is 2. The zero-order valence-corrected chi connectivity index (χ0v) is 24.4. The Bertz CT molecular complexity index is 1790. The number of nitrogens with one attached hydrogen (secondary N) is 3. The number of ether oxygens (including phenoxy) is 1. The number of carbonyl (C=O) groups excluding carboxylic acids is 1. The summed E-state index contributed by atoms with van der Waals surface area (Å²) in [6.07, 6.45) is 4.93. The van der Waals surface area contributed by atoms with E-state index in [1.807, 2.05) is 83.7 Å². The number of pyridine rings is 1. The van der Waals surface area contributed by atoms with Crippen molar-refractivity contribution in [3.63, 3.8) is 0 Å². The second-order valence-electron chi connectivity index (χ2n) is 10.9. The normalized spacial score (nSPS) is 11.4. The third-order valence-electron chi connectivity index (χ3n) is 7.02. The van der Waals surface area contributed by atoms with Gasteiger partial charge in [-0.2, -0.15) is 0 Å². The summed E-state index contributed by atoms with van der Waals surface area (Å²) in [5.74, 6) is 1.95. The number of nitrogens with zero attached hydrogens (tertiary/aromatic N) is 3. The first-order valence-corrected chi connectivity index (χ1v) is 13.7. The summed E-state index contributed by atoms with van der Waals surface area (Å²) in [5.41, 5.74) is 6.55. The summed E-state index contributed by atoms with van der Waals surface area (Å²) in [7, 11) is 5.75. The molecular weight excluding hydrogens is 516 g/mol. The van der Waals surface area contributed by atoms with Gasteiger partial charge in [-0.1, -0.05) is 12.1 Å². The van der Waals surface area contributed by atoms with E-state index in [1.54, 1.807) is 11.6 Å². The quantitative estimate of drug-likeness (QED) is 0.210. The lowest BCUT2D eigenvalue weighted by Gasteiger charge is -2.14. The van der Waals surface area contributed by atoms with Crippen molar-refractivity contribution in [3.8, 4) is 34.1 Å². The lowest BCUT2D eigenvalue weighted by atomic mass is 10.0. The Kier molecular flexibility index (Phi) is 7.81. The molecule has 0 fully saturated rings. The van der Waals surface area contributed by atoms with Crippen molar-refractivity contribution in [2.75, 3.05) is 26.0 Å². The average molecular weight is 553 g/mol. The fourth-order valence-corrected chi connectivity index (χ4v) is 4.91. The van der Waals surface area contributed by atoms with Crippen LogP contribution in [0.2, 0.25) is 0 Å².